The maximum Gasteiger partial charge on any atom is 0.251 e. The fraction of sp³-hybridized carbons (Fsp3) is 0.421. The van der Waals surface area contributed by atoms with E-state index >= 15 is 0 Å². The van der Waals surface area contributed by atoms with Crippen LogP contribution in [0.3, 0.4) is 0 Å². The molecule has 138 valence electrons. The number of morpholine rings is 1. The number of amides is 1. The molecule has 1 amide bonds. The second-order valence-corrected chi connectivity index (χ2v) is 6.73. The van der Waals surface area contributed by atoms with Gasteiger partial charge in [-0.25, -0.2) is 4.98 Å². The SMILES string of the molecule is C[C@H]1CN(c2ccc(CNC(=O)c3ccn(C)c(=O)c3)cn2)C[C@H](C)O1. The van der Waals surface area contributed by atoms with E-state index in [1.807, 2.05) is 12.1 Å². The van der Waals surface area contributed by atoms with Gasteiger partial charge in [0.25, 0.3) is 11.5 Å². The Bertz CT molecular complexity index is 821. The third-order valence-corrected chi connectivity index (χ3v) is 4.37. The lowest BCUT2D eigenvalue weighted by molar-refractivity contribution is -0.00546. The lowest BCUT2D eigenvalue weighted by Crippen LogP contribution is -2.45. The average Bonchev–Trinajstić information content (AvgIpc) is 2.61. The van der Waals surface area contributed by atoms with Gasteiger partial charge >= 0.3 is 0 Å². The minimum atomic E-state index is -0.275. The molecular weight excluding hydrogens is 332 g/mol. The molecule has 1 fully saturated rings. The van der Waals surface area contributed by atoms with Crippen LogP contribution in [0.5, 0.6) is 0 Å². The van der Waals surface area contributed by atoms with Gasteiger partial charge in [-0.15, -0.1) is 0 Å². The summed E-state index contributed by atoms with van der Waals surface area (Å²) < 4.78 is 7.17. The Morgan fingerprint density at radius 1 is 1.27 bits per heavy atom. The van der Waals surface area contributed by atoms with Crippen LogP contribution in [0, 0.1) is 0 Å². The molecule has 7 nitrogen and oxygen atoms in total. The van der Waals surface area contributed by atoms with Gasteiger partial charge in [-0.05, 0) is 31.5 Å². The van der Waals surface area contributed by atoms with Gasteiger partial charge in [-0.2, -0.15) is 0 Å². The summed E-state index contributed by atoms with van der Waals surface area (Å²) in [5.41, 5.74) is 1.05. The van der Waals surface area contributed by atoms with Crippen LogP contribution < -0.4 is 15.8 Å². The molecule has 1 aliphatic heterocycles. The fourth-order valence-electron chi connectivity index (χ4n) is 3.05. The van der Waals surface area contributed by atoms with E-state index in [1.54, 1.807) is 25.5 Å². The smallest absolute Gasteiger partial charge is 0.251 e. The molecule has 26 heavy (non-hydrogen) atoms. The molecular formula is C19H24N4O3. The van der Waals surface area contributed by atoms with Crippen molar-refractivity contribution >= 4 is 11.7 Å². The van der Waals surface area contributed by atoms with E-state index in [-0.39, 0.29) is 23.7 Å². The predicted molar refractivity (Wildman–Crippen MR) is 99.3 cm³/mol. The number of hydrogen-bond acceptors (Lipinski definition) is 5. The van der Waals surface area contributed by atoms with Crippen molar-refractivity contribution in [2.75, 3.05) is 18.0 Å². The first-order valence-corrected chi connectivity index (χ1v) is 8.72. The zero-order chi connectivity index (χ0) is 18.7. The average molecular weight is 356 g/mol. The van der Waals surface area contributed by atoms with Crippen molar-refractivity contribution in [1.82, 2.24) is 14.9 Å². The van der Waals surface area contributed by atoms with E-state index in [0.29, 0.717) is 12.1 Å². The minimum Gasteiger partial charge on any atom is -0.372 e. The first-order valence-electron chi connectivity index (χ1n) is 8.72. The van der Waals surface area contributed by atoms with E-state index in [4.69, 9.17) is 4.74 Å². The fourth-order valence-corrected chi connectivity index (χ4v) is 3.05. The Balaban J connectivity index is 1.59. The normalized spacial score (nSPS) is 20.0. The quantitative estimate of drug-likeness (QED) is 0.894. The number of nitrogens with one attached hydrogen (secondary N) is 1. The number of ether oxygens (including phenoxy) is 1. The highest BCUT2D eigenvalue weighted by molar-refractivity contribution is 5.93. The first-order chi connectivity index (χ1) is 12.4. The van der Waals surface area contributed by atoms with Crippen molar-refractivity contribution < 1.29 is 9.53 Å². The Kier molecular flexibility index (Phi) is 5.37. The Morgan fingerprint density at radius 2 is 2.00 bits per heavy atom. The van der Waals surface area contributed by atoms with Gasteiger partial charge in [-0.3, -0.25) is 9.59 Å². The molecule has 0 spiro atoms. The van der Waals surface area contributed by atoms with Crippen LogP contribution in [0.4, 0.5) is 5.82 Å². The Labute approximate surface area is 152 Å². The highest BCUT2D eigenvalue weighted by atomic mass is 16.5. The molecule has 0 aliphatic carbocycles. The molecule has 2 atom stereocenters. The highest BCUT2D eigenvalue weighted by Gasteiger charge is 2.22. The molecule has 2 aromatic rings. The topological polar surface area (TPSA) is 76.5 Å². The Morgan fingerprint density at radius 3 is 2.62 bits per heavy atom. The monoisotopic (exact) mass is 356 g/mol. The number of hydrogen-bond donors (Lipinski definition) is 1. The minimum absolute atomic E-state index is 0.179. The summed E-state index contributed by atoms with van der Waals surface area (Å²) in [6.07, 6.45) is 3.71. The molecule has 3 heterocycles. The van der Waals surface area contributed by atoms with Gasteiger partial charge in [0, 0.05) is 50.7 Å². The van der Waals surface area contributed by atoms with Crippen LogP contribution in [0.2, 0.25) is 0 Å². The third-order valence-electron chi connectivity index (χ3n) is 4.37. The molecule has 1 aliphatic rings. The van der Waals surface area contributed by atoms with E-state index in [2.05, 4.69) is 29.0 Å². The van der Waals surface area contributed by atoms with Crippen molar-refractivity contribution in [3.63, 3.8) is 0 Å². The van der Waals surface area contributed by atoms with Gasteiger partial charge in [0.05, 0.1) is 12.2 Å². The summed E-state index contributed by atoms with van der Waals surface area (Å²) in [5.74, 6) is 0.635. The van der Waals surface area contributed by atoms with Crippen LogP contribution in [-0.2, 0) is 18.3 Å². The summed E-state index contributed by atoms with van der Waals surface area (Å²) in [5, 5.41) is 2.81. The molecule has 0 unspecified atom stereocenters. The second-order valence-electron chi connectivity index (χ2n) is 6.73. The molecule has 0 saturated carbocycles. The molecule has 0 aromatic carbocycles. The molecule has 7 heteroatoms. The van der Waals surface area contributed by atoms with E-state index in [9.17, 15) is 9.59 Å². The highest BCUT2D eigenvalue weighted by Crippen LogP contribution is 2.18. The number of aromatic nitrogens is 2. The van der Waals surface area contributed by atoms with Gasteiger partial charge in [0.15, 0.2) is 0 Å². The van der Waals surface area contributed by atoms with Crippen molar-refractivity contribution in [3.05, 3.63) is 58.1 Å². The van der Waals surface area contributed by atoms with Gasteiger partial charge < -0.3 is 19.5 Å². The lowest BCUT2D eigenvalue weighted by Gasteiger charge is -2.36. The summed E-state index contributed by atoms with van der Waals surface area (Å²) in [6, 6.07) is 6.87. The number of carbonyl (C=O) groups excluding carboxylic acids is 1. The molecule has 0 radical (unpaired) electrons. The summed E-state index contributed by atoms with van der Waals surface area (Å²) >= 11 is 0. The molecule has 0 bridgehead atoms. The standard InChI is InChI=1S/C19H24N4O3/c1-13-11-23(12-14(2)26-13)17-5-4-15(9-20-17)10-21-19(25)16-6-7-22(3)18(24)8-16/h4-9,13-14H,10-12H2,1-3H3,(H,21,25)/t13-,14-/m0/s1. The molecule has 1 N–H and O–H groups in total. The lowest BCUT2D eigenvalue weighted by atomic mass is 10.2. The summed E-state index contributed by atoms with van der Waals surface area (Å²) in [7, 11) is 1.65. The first kappa shape index (κ1) is 18.1. The summed E-state index contributed by atoms with van der Waals surface area (Å²) in [4.78, 5) is 30.5. The number of anilines is 1. The number of pyridine rings is 2. The van der Waals surface area contributed by atoms with Crippen LogP contribution in [-0.4, -0.2) is 40.8 Å². The second kappa shape index (κ2) is 7.70. The van der Waals surface area contributed by atoms with Crippen molar-refractivity contribution in [1.29, 1.82) is 0 Å². The Hall–Kier alpha value is -2.67. The third kappa shape index (κ3) is 4.29. The molecule has 1 saturated heterocycles. The zero-order valence-corrected chi connectivity index (χ0v) is 15.3. The van der Waals surface area contributed by atoms with Gasteiger partial charge in [-0.1, -0.05) is 6.07 Å². The van der Waals surface area contributed by atoms with Crippen LogP contribution >= 0.6 is 0 Å². The van der Waals surface area contributed by atoms with Gasteiger partial charge in [0.2, 0.25) is 0 Å². The van der Waals surface area contributed by atoms with E-state index < -0.39 is 0 Å². The number of rotatable bonds is 4. The maximum absolute atomic E-state index is 12.2. The maximum atomic E-state index is 12.2. The van der Waals surface area contributed by atoms with Crippen LogP contribution in [0.15, 0.2) is 41.5 Å². The van der Waals surface area contributed by atoms with Crippen LogP contribution in [0.1, 0.15) is 29.8 Å². The molecule has 2 aromatic heterocycles. The number of aryl methyl sites for hydroxylation is 1. The largest absolute Gasteiger partial charge is 0.372 e. The molecule has 3 rings (SSSR count). The van der Waals surface area contributed by atoms with Crippen molar-refractivity contribution in [2.45, 2.75) is 32.6 Å². The zero-order valence-electron chi connectivity index (χ0n) is 15.3. The number of carbonyl (C=O) groups is 1. The van der Waals surface area contributed by atoms with Crippen LogP contribution in [0.25, 0.3) is 0 Å². The predicted octanol–water partition coefficient (Wildman–Crippen LogP) is 1.32. The number of nitrogens with zero attached hydrogens (tertiary/aromatic N) is 3. The van der Waals surface area contributed by atoms with Gasteiger partial charge in [0.1, 0.15) is 5.82 Å². The summed E-state index contributed by atoms with van der Waals surface area (Å²) in [6.45, 7) is 6.11. The van der Waals surface area contributed by atoms with Crippen molar-refractivity contribution in [2.24, 2.45) is 7.05 Å². The van der Waals surface area contributed by atoms with Crippen molar-refractivity contribution in [3.8, 4) is 0 Å². The van der Waals surface area contributed by atoms with E-state index in [1.165, 1.54) is 10.6 Å². The van der Waals surface area contributed by atoms with E-state index in [0.717, 1.165) is 24.5 Å².